The van der Waals surface area contributed by atoms with E-state index in [-0.39, 0.29) is 11.8 Å². The fraction of sp³-hybridized carbons (Fsp3) is 0.368. The lowest BCUT2D eigenvalue weighted by molar-refractivity contribution is 0.0538. The molecule has 0 radical (unpaired) electrons. The molecule has 7 heteroatoms. The molecule has 3 rings (SSSR count). The van der Waals surface area contributed by atoms with Crippen LogP contribution in [0, 0.1) is 6.92 Å². The van der Waals surface area contributed by atoms with Crippen molar-refractivity contribution in [3.05, 3.63) is 55.2 Å². The Balaban J connectivity index is 1.64. The maximum Gasteiger partial charge on any atom is 0.264 e. The topological polar surface area (TPSA) is 40.6 Å². The van der Waals surface area contributed by atoms with Crippen LogP contribution >= 0.6 is 34.5 Å². The number of aryl methyl sites for hydroxylation is 2. The van der Waals surface area contributed by atoms with Crippen molar-refractivity contribution in [2.24, 2.45) is 0 Å². The summed E-state index contributed by atoms with van der Waals surface area (Å²) in [6.07, 6.45) is 0.939. The van der Waals surface area contributed by atoms with Gasteiger partial charge in [-0.3, -0.25) is 9.59 Å². The fourth-order valence-electron chi connectivity index (χ4n) is 3.10. The van der Waals surface area contributed by atoms with Gasteiger partial charge in [0.05, 0.1) is 4.88 Å². The van der Waals surface area contributed by atoms with E-state index < -0.39 is 0 Å². The number of halogens is 2. The molecule has 0 bridgehead atoms. The maximum atomic E-state index is 12.7. The number of piperazine rings is 1. The van der Waals surface area contributed by atoms with Crippen molar-refractivity contribution >= 4 is 46.4 Å². The summed E-state index contributed by atoms with van der Waals surface area (Å²) >= 11 is 13.5. The summed E-state index contributed by atoms with van der Waals surface area (Å²) in [6.45, 7) is 6.19. The summed E-state index contributed by atoms with van der Waals surface area (Å²) in [5.41, 5.74) is 1.65. The average Bonchev–Trinajstić information content (AvgIpc) is 3.00. The predicted molar refractivity (Wildman–Crippen MR) is 107 cm³/mol. The molecule has 2 amide bonds. The van der Waals surface area contributed by atoms with Crippen LogP contribution in [0.1, 0.15) is 37.4 Å². The summed E-state index contributed by atoms with van der Waals surface area (Å²) in [6, 6.07) is 6.81. The summed E-state index contributed by atoms with van der Waals surface area (Å²) in [7, 11) is 0. The van der Waals surface area contributed by atoms with Crippen molar-refractivity contribution in [1.29, 1.82) is 0 Å². The van der Waals surface area contributed by atoms with E-state index in [4.69, 9.17) is 23.2 Å². The molecule has 26 heavy (non-hydrogen) atoms. The van der Waals surface area contributed by atoms with Crippen LogP contribution < -0.4 is 0 Å². The Kier molecular flexibility index (Phi) is 5.90. The highest BCUT2D eigenvalue weighted by Gasteiger charge is 2.26. The maximum absolute atomic E-state index is 12.7. The monoisotopic (exact) mass is 410 g/mol. The van der Waals surface area contributed by atoms with E-state index in [1.54, 1.807) is 34.4 Å². The first-order chi connectivity index (χ1) is 12.4. The zero-order chi connectivity index (χ0) is 18.8. The number of amides is 2. The average molecular weight is 411 g/mol. The van der Waals surface area contributed by atoms with Gasteiger partial charge in [-0.15, -0.1) is 11.3 Å². The largest absolute Gasteiger partial charge is 0.335 e. The Morgan fingerprint density at radius 3 is 2.00 bits per heavy atom. The number of nitrogens with zero attached hydrogens (tertiary/aromatic N) is 2. The number of rotatable bonds is 3. The number of hydrogen-bond acceptors (Lipinski definition) is 3. The zero-order valence-electron chi connectivity index (χ0n) is 14.7. The second-order valence-corrected chi connectivity index (χ2v) is 8.32. The SMILES string of the molecule is CCc1sc(C(=O)N2CCN(C(=O)c3cc(Cl)cc(Cl)c3)CC2)cc1C. The van der Waals surface area contributed by atoms with Crippen molar-refractivity contribution in [2.75, 3.05) is 26.2 Å². The molecule has 1 aliphatic rings. The van der Waals surface area contributed by atoms with Gasteiger partial charge in [-0.2, -0.15) is 0 Å². The first-order valence-corrected chi connectivity index (χ1v) is 10.1. The summed E-state index contributed by atoms with van der Waals surface area (Å²) in [5.74, 6) is -0.0579. The second kappa shape index (κ2) is 7.99. The summed E-state index contributed by atoms with van der Waals surface area (Å²) in [4.78, 5) is 30.9. The highest BCUT2D eigenvalue weighted by atomic mass is 35.5. The molecule has 0 N–H and O–H groups in total. The van der Waals surface area contributed by atoms with Crippen molar-refractivity contribution < 1.29 is 9.59 Å². The Labute approximate surface area is 167 Å². The van der Waals surface area contributed by atoms with Gasteiger partial charge < -0.3 is 9.80 Å². The van der Waals surface area contributed by atoms with Crippen LogP contribution in [0.4, 0.5) is 0 Å². The molecule has 1 saturated heterocycles. The Hall–Kier alpha value is -1.56. The van der Waals surface area contributed by atoms with E-state index in [0.717, 1.165) is 11.3 Å². The fourth-order valence-corrected chi connectivity index (χ4v) is 4.71. The van der Waals surface area contributed by atoms with Crippen LogP contribution in [0.2, 0.25) is 10.0 Å². The van der Waals surface area contributed by atoms with Gasteiger partial charge in [0.15, 0.2) is 0 Å². The van der Waals surface area contributed by atoms with E-state index in [9.17, 15) is 9.59 Å². The van der Waals surface area contributed by atoms with E-state index in [1.807, 2.05) is 17.9 Å². The van der Waals surface area contributed by atoms with Gasteiger partial charge >= 0.3 is 0 Å². The molecule has 0 spiro atoms. The van der Waals surface area contributed by atoms with Crippen LogP contribution in [0.15, 0.2) is 24.3 Å². The molecule has 0 atom stereocenters. The Bertz CT molecular complexity index is 822. The number of benzene rings is 1. The molecule has 1 aromatic heterocycles. The predicted octanol–water partition coefficient (Wildman–Crippen LogP) is 4.52. The van der Waals surface area contributed by atoms with Gasteiger partial charge in [0, 0.05) is 46.7 Å². The molecule has 1 aromatic carbocycles. The Morgan fingerprint density at radius 1 is 0.962 bits per heavy atom. The van der Waals surface area contributed by atoms with Gasteiger partial charge in [0.2, 0.25) is 0 Å². The third-order valence-corrected chi connectivity index (χ3v) is 6.32. The van der Waals surface area contributed by atoms with Crippen molar-refractivity contribution in [3.8, 4) is 0 Å². The van der Waals surface area contributed by atoms with E-state index >= 15 is 0 Å². The molecule has 0 unspecified atom stereocenters. The Morgan fingerprint density at radius 2 is 1.50 bits per heavy atom. The lowest BCUT2D eigenvalue weighted by Crippen LogP contribution is -2.50. The molecule has 0 saturated carbocycles. The quantitative estimate of drug-likeness (QED) is 0.745. The lowest BCUT2D eigenvalue weighted by Gasteiger charge is -2.34. The van der Waals surface area contributed by atoms with Gasteiger partial charge in [-0.05, 0) is 43.2 Å². The van der Waals surface area contributed by atoms with Crippen LogP contribution in [-0.4, -0.2) is 47.8 Å². The minimum atomic E-state index is -0.110. The molecule has 0 aliphatic carbocycles. The minimum absolute atomic E-state index is 0.0516. The van der Waals surface area contributed by atoms with Crippen LogP contribution in [0.25, 0.3) is 0 Å². The molecule has 2 aromatic rings. The minimum Gasteiger partial charge on any atom is -0.335 e. The lowest BCUT2D eigenvalue weighted by atomic mass is 10.1. The van der Waals surface area contributed by atoms with Crippen LogP contribution in [0.5, 0.6) is 0 Å². The van der Waals surface area contributed by atoms with E-state index in [2.05, 4.69) is 6.92 Å². The van der Waals surface area contributed by atoms with Gasteiger partial charge in [0.1, 0.15) is 0 Å². The third-order valence-electron chi connectivity index (χ3n) is 4.52. The summed E-state index contributed by atoms with van der Waals surface area (Å²) in [5, 5.41) is 0.879. The molecular weight excluding hydrogens is 391 g/mol. The summed E-state index contributed by atoms with van der Waals surface area (Å²) < 4.78 is 0. The van der Waals surface area contributed by atoms with Crippen molar-refractivity contribution in [2.45, 2.75) is 20.3 Å². The van der Waals surface area contributed by atoms with Crippen molar-refractivity contribution in [1.82, 2.24) is 9.80 Å². The molecule has 1 fully saturated rings. The molecule has 1 aliphatic heterocycles. The van der Waals surface area contributed by atoms with Gasteiger partial charge in [-0.1, -0.05) is 30.1 Å². The van der Waals surface area contributed by atoms with Gasteiger partial charge in [0.25, 0.3) is 11.8 Å². The van der Waals surface area contributed by atoms with Gasteiger partial charge in [-0.25, -0.2) is 0 Å². The highest BCUT2D eigenvalue weighted by molar-refractivity contribution is 7.14. The molecular formula is C19H20Cl2N2O2S. The number of carbonyl (C=O) groups excluding carboxylic acids is 2. The van der Waals surface area contributed by atoms with E-state index in [0.29, 0.717) is 41.8 Å². The molecule has 138 valence electrons. The third kappa shape index (κ3) is 4.05. The van der Waals surface area contributed by atoms with E-state index in [1.165, 1.54) is 10.4 Å². The highest BCUT2D eigenvalue weighted by Crippen LogP contribution is 2.25. The molecule has 4 nitrogen and oxygen atoms in total. The number of hydrogen-bond donors (Lipinski definition) is 0. The first kappa shape index (κ1) is 19.2. The number of carbonyl (C=O) groups is 2. The van der Waals surface area contributed by atoms with Crippen molar-refractivity contribution in [3.63, 3.8) is 0 Å². The van der Waals surface area contributed by atoms with Crippen LogP contribution in [0.3, 0.4) is 0 Å². The molecule has 2 heterocycles. The second-order valence-electron chi connectivity index (χ2n) is 6.31. The first-order valence-electron chi connectivity index (χ1n) is 8.53. The van der Waals surface area contributed by atoms with Crippen LogP contribution in [-0.2, 0) is 6.42 Å². The smallest absolute Gasteiger partial charge is 0.264 e. The normalized spacial score (nSPS) is 14.6. The number of thiophene rings is 1. The zero-order valence-corrected chi connectivity index (χ0v) is 17.0. The standard InChI is InChI=1S/C19H20Cl2N2O2S/c1-3-16-12(2)8-17(26-16)19(25)23-6-4-22(5-7-23)18(24)13-9-14(20)11-15(21)10-13/h8-11H,3-7H2,1-2H3.